The molecule has 0 saturated heterocycles. The van der Waals surface area contributed by atoms with E-state index in [2.05, 4.69) is 10.3 Å². The van der Waals surface area contributed by atoms with Crippen molar-refractivity contribution in [1.82, 2.24) is 10.3 Å². The Morgan fingerprint density at radius 3 is 3.00 bits per heavy atom. The van der Waals surface area contributed by atoms with E-state index in [1.807, 2.05) is 29.0 Å². The number of carbonyl (C=O) groups excluding carboxylic acids is 1. The van der Waals surface area contributed by atoms with Gasteiger partial charge in [0.1, 0.15) is 5.76 Å². The molecule has 1 N–H and O–H groups in total. The number of furan rings is 1. The first-order valence-corrected chi connectivity index (χ1v) is 7.39. The molecule has 3 heterocycles. The third-order valence-corrected chi connectivity index (χ3v) is 4.21. The average Bonchev–Trinajstić information content (AvgIpc) is 3.14. The summed E-state index contributed by atoms with van der Waals surface area (Å²) < 4.78 is 5.15. The molecule has 3 aromatic heterocycles. The molecule has 0 aliphatic heterocycles. The van der Waals surface area contributed by atoms with E-state index in [0.717, 1.165) is 16.3 Å². The van der Waals surface area contributed by atoms with Crippen molar-refractivity contribution >= 4 is 28.6 Å². The fourth-order valence-electron chi connectivity index (χ4n) is 1.57. The van der Waals surface area contributed by atoms with Crippen LogP contribution < -0.4 is 5.32 Å². The van der Waals surface area contributed by atoms with Crippen molar-refractivity contribution in [3.8, 4) is 10.6 Å². The molecule has 0 aliphatic carbocycles. The Balaban J connectivity index is 1.67. The standard InChI is InChI=1S/C13H10N2O2S2/c16-12(14-7-9-3-1-5-17-9)13-15-10(8-19-13)11-4-2-6-18-11/h1-6,8H,7H2,(H,14,16). The fourth-order valence-corrected chi connectivity index (χ4v) is 3.07. The van der Waals surface area contributed by atoms with E-state index in [4.69, 9.17) is 4.42 Å². The molecule has 0 bridgehead atoms. The summed E-state index contributed by atoms with van der Waals surface area (Å²) in [5.41, 5.74) is 0.850. The largest absolute Gasteiger partial charge is 0.467 e. The molecule has 0 aliphatic rings. The summed E-state index contributed by atoms with van der Waals surface area (Å²) in [5.74, 6) is 0.549. The van der Waals surface area contributed by atoms with E-state index < -0.39 is 0 Å². The van der Waals surface area contributed by atoms with Crippen molar-refractivity contribution in [3.63, 3.8) is 0 Å². The highest BCUT2D eigenvalue weighted by molar-refractivity contribution is 7.15. The predicted molar refractivity (Wildman–Crippen MR) is 75.3 cm³/mol. The number of rotatable bonds is 4. The Morgan fingerprint density at radius 2 is 2.26 bits per heavy atom. The smallest absolute Gasteiger partial charge is 0.280 e. The molecule has 6 heteroatoms. The number of thiazole rings is 1. The molecule has 3 aromatic rings. The third-order valence-electron chi connectivity index (χ3n) is 2.48. The molecular weight excluding hydrogens is 280 g/mol. The Morgan fingerprint density at radius 1 is 1.32 bits per heavy atom. The highest BCUT2D eigenvalue weighted by Gasteiger charge is 2.12. The van der Waals surface area contributed by atoms with Gasteiger partial charge >= 0.3 is 0 Å². The second kappa shape index (κ2) is 5.38. The van der Waals surface area contributed by atoms with Crippen LogP contribution in [0.25, 0.3) is 10.6 Å². The number of nitrogens with one attached hydrogen (secondary N) is 1. The highest BCUT2D eigenvalue weighted by Crippen LogP contribution is 2.25. The Hall–Kier alpha value is -1.92. The van der Waals surface area contributed by atoms with Crippen LogP contribution in [0.1, 0.15) is 15.6 Å². The molecule has 96 valence electrons. The van der Waals surface area contributed by atoms with Gasteiger partial charge in [0.15, 0.2) is 5.01 Å². The van der Waals surface area contributed by atoms with Gasteiger partial charge in [-0.25, -0.2) is 4.98 Å². The van der Waals surface area contributed by atoms with Crippen LogP contribution in [-0.4, -0.2) is 10.9 Å². The fraction of sp³-hybridized carbons (Fsp3) is 0.0769. The lowest BCUT2D eigenvalue weighted by Crippen LogP contribution is -2.22. The minimum Gasteiger partial charge on any atom is -0.467 e. The number of thiophene rings is 1. The minimum absolute atomic E-state index is 0.177. The van der Waals surface area contributed by atoms with Gasteiger partial charge in [0.2, 0.25) is 0 Å². The lowest BCUT2D eigenvalue weighted by molar-refractivity contribution is 0.0947. The van der Waals surface area contributed by atoms with Gasteiger partial charge in [-0.1, -0.05) is 6.07 Å². The first kappa shape index (κ1) is 12.1. The Kier molecular flexibility index (Phi) is 3.43. The molecule has 1 amide bonds. The first-order chi connectivity index (χ1) is 9.33. The summed E-state index contributed by atoms with van der Waals surface area (Å²) in [4.78, 5) is 17.3. The topological polar surface area (TPSA) is 55.1 Å². The Bertz CT molecular complexity index is 657. The summed E-state index contributed by atoms with van der Waals surface area (Å²) in [5, 5.41) is 7.13. The number of hydrogen-bond donors (Lipinski definition) is 1. The summed E-state index contributed by atoms with van der Waals surface area (Å²) in [6, 6.07) is 7.57. The van der Waals surface area contributed by atoms with Crippen LogP contribution in [0.15, 0.2) is 45.7 Å². The molecule has 0 spiro atoms. The van der Waals surface area contributed by atoms with Gasteiger partial charge in [0, 0.05) is 5.38 Å². The van der Waals surface area contributed by atoms with Crippen molar-refractivity contribution in [2.24, 2.45) is 0 Å². The molecule has 0 saturated carbocycles. The Labute approximate surface area is 117 Å². The summed E-state index contributed by atoms with van der Waals surface area (Å²) in [6.45, 7) is 0.375. The van der Waals surface area contributed by atoms with Gasteiger partial charge in [-0.05, 0) is 23.6 Å². The van der Waals surface area contributed by atoms with E-state index >= 15 is 0 Å². The van der Waals surface area contributed by atoms with Gasteiger partial charge in [0.05, 0.1) is 23.4 Å². The number of hydrogen-bond acceptors (Lipinski definition) is 5. The van der Waals surface area contributed by atoms with Crippen LogP contribution >= 0.6 is 22.7 Å². The van der Waals surface area contributed by atoms with Gasteiger partial charge in [-0.2, -0.15) is 0 Å². The second-order valence-corrected chi connectivity index (χ2v) is 5.58. The normalized spacial score (nSPS) is 10.5. The number of nitrogens with zero attached hydrogens (tertiary/aromatic N) is 1. The van der Waals surface area contributed by atoms with Gasteiger partial charge in [-0.15, -0.1) is 22.7 Å². The van der Waals surface area contributed by atoms with Gasteiger partial charge in [-0.3, -0.25) is 4.79 Å². The van der Waals surface area contributed by atoms with E-state index in [0.29, 0.717) is 11.6 Å². The zero-order valence-electron chi connectivity index (χ0n) is 9.83. The van der Waals surface area contributed by atoms with Crippen LogP contribution in [0, 0.1) is 0 Å². The highest BCUT2D eigenvalue weighted by atomic mass is 32.1. The molecule has 0 aromatic carbocycles. The molecule has 3 rings (SSSR count). The van der Waals surface area contributed by atoms with Crippen LogP contribution in [0.5, 0.6) is 0 Å². The molecule has 0 fully saturated rings. The van der Waals surface area contributed by atoms with E-state index in [-0.39, 0.29) is 5.91 Å². The van der Waals surface area contributed by atoms with Crippen LogP contribution in [-0.2, 0) is 6.54 Å². The van der Waals surface area contributed by atoms with Crippen molar-refractivity contribution in [3.05, 3.63) is 52.1 Å². The number of aromatic nitrogens is 1. The van der Waals surface area contributed by atoms with Crippen molar-refractivity contribution in [2.75, 3.05) is 0 Å². The zero-order chi connectivity index (χ0) is 13.1. The summed E-state index contributed by atoms with van der Waals surface area (Å²) in [6.07, 6.45) is 1.58. The molecule has 4 nitrogen and oxygen atoms in total. The van der Waals surface area contributed by atoms with E-state index in [1.54, 1.807) is 23.7 Å². The molecule has 0 unspecified atom stereocenters. The maximum atomic E-state index is 11.9. The molecular formula is C13H10N2O2S2. The summed E-state index contributed by atoms with van der Waals surface area (Å²) >= 11 is 2.96. The van der Waals surface area contributed by atoms with Crippen LogP contribution in [0.4, 0.5) is 0 Å². The minimum atomic E-state index is -0.177. The average molecular weight is 290 g/mol. The van der Waals surface area contributed by atoms with Crippen molar-refractivity contribution < 1.29 is 9.21 Å². The van der Waals surface area contributed by atoms with Gasteiger partial charge < -0.3 is 9.73 Å². The van der Waals surface area contributed by atoms with E-state index in [1.165, 1.54) is 11.3 Å². The molecule has 0 radical (unpaired) electrons. The molecule has 0 atom stereocenters. The third kappa shape index (κ3) is 2.74. The van der Waals surface area contributed by atoms with Crippen LogP contribution in [0.2, 0.25) is 0 Å². The second-order valence-electron chi connectivity index (χ2n) is 3.78. The van der Waals surface area contributed by atoms with Crippen LogP contribution in [0.3, 0.4) is 0 Å². The lowest BCUT2D eigenvalue weighted by atomic mass is 10.4. The zero-order valence-corrected chi connectivity index (χ0v) is 11.5. The predicted octanol–water partition coefficient (Wildman–Crippen LogP) is 3.39. The number of carbonyl (C=O) groups is 1. The maximum absolute atomic E-state index is 11.9. The van der Waals surface area contributed by atoms with Gasteiger partial charge in [0.25, 0.3) is 5.91 Å². The monoisotopic (exact) mass is 290 g/mol. The maximum Gasteiger partial charge on any atom is 0.280 e. The van der Waals surface area contributed by atoms with Crippen molar-refractivity contribution in [1.29, 1.82) is 0 Å². The SMILES string of the molecule is O=C(NCc1ccco1)c1nc(-c2cccs2)cs1. The summed E-state index contributed by atoms with van der Waals surface area (Å²) in [7, 11) is 0. The quantitative estimate of drug-likeness (QED) is 0.801. The van der Waals surface area contributed by atoms with Crippen molar-refractivity contribution in [2.45, 2.75) is 6.54 Å². The number of amides is 1. The molecule has 19 heavy (non-hydrogen) atoms. The first-order valence-electron chi connectivity index (χ1n) is 5.63. The lowest BCUT2D eigenvalue weighted by Gasteiger charge is -1.99. The van der Waals surface area contributed by atoms with E-state index in [9.17, 15) is 4.79 Å².